The smallest absolute Gasteiger partial charge is 0.321 e. The molecule has 7 heteroatoms. The highest BCUT2D eigenvalue weighted by atomic mass is 35.5. The Morgan fingerprint density at radius 3 is 2.70 bits per heavy atom. The monoisotopic (exact) mass is 296 g/mol. The summed E-state index contributed by atoms with van der Waals surface area (Å²) in [6, 6.07) is 4.52. The van der Waals surface area contributed by atoms with E-state index in [9.17, 15) is 4.39 Å². The molecule has 0 saturated heterocycles. The molecule has 1 heterocycles. The van der Waals surface area contributed by atoms with Crippen molar-refractivity contribution in [1.29, 1.82) is 0 Å². The Balaban J connectivity index is 2.45. The number of hydrogen-bond acceptors (Lipinski definition) is 5. The van der Waals surface area contributed by atoms with Gasteiger partial charge in [-0.25, -0.2) is 4.39 Å². The standard InChI is InChI=1S/C13H14ClFN4O/c1-3-16-12-17-11(18-13(19-12)20-4-2)8-5-6-10(15)9(14)7-8/h5-7H,3-4H2,1-2H3,(H,16,17,18,19). The lowest BCUT2D eigenvalue weighted by Crippen LogP contribution is -2.07. The zero-order chi connectivity index (χ0) is 14.5. The number of anilines is 1. The van der Waals surface area contributed by atoms with Crippen molar-refractivity contribution in [2.24, 2.45) is 0 Å². The second-order valence-electron chi connectivity index (χ2n) is 3.86. The molecule has 1 aromatic heterocycles. The molecule has 0 saturated carbocycles. The fraction of sp³-hybridized carbons (Fsp3) is 0.308. The van der Waals surface area contributed by atoms with E-state index in [0.717, 1.165) is 0 Å². The van der Waals surface area contributed by atoms with Gasteiger partial charge in [-0.1, -0.05) is 11.6 Å². The van der Waals surface area contributed by atoms with Crippen LogP contribution in [-0.4, -0.2) is 28.1 Å². The highest BCUT2D eigenvalue weighted by Gasteiger charge is 2.10. The molecule has 0 aliphatic carbocycles. The van der Waals surface area contributed by atoms with Crippen LogP contribution in [0.1, 0.15) is 13.8 Å². The maximum atomic E-state index is 13.2. The topological polar surface area (TPSA) is 59.9 Å². The van der Waals surface area contributed by atoms with Crippen LogP contribution in [-0.2, 0) is 0 Å². The van der Waals surface area contributed by atoms with Crippen LogP contribution in [0.4, 0.5) is 10.3 Å². The van der Waals surface area contributed by atoms with Gasteiger partial charge in [0.15, 0.2) is 5.82 Å². The maximum Gasteiger partial charge on any atom is 0.321 e. The molecule has 0 aliphatic rings. The van der Waals surface area contributed by atoms with Crippen molar-refractivity contribution in [2.75, 3.05) is 18.5 Å². The Hall–Kier alpha value is -1.95. The van der Waals surface area contributed by atoms with Gasteiger partial charge >= 0.3 is 6.01 Å². The van der Waals surface area contributed by atoms with Crippen LogP contribution in [0.3, 0.4) is 0 Å². The van der Waals surface area contributed by atoms with Gasteiger partial charge in [-0.3, -0.25) is 0 Å². The number of benzene rings is 1. The van der Waals surface area contributed by atoms with Crippen LogP contribution < -0.4 is 10.1 Å². The summed E-state index contributed by atoms with van der Waals surface area (Å²) in [5.41, 5.74) is 0.596. The Kier molecular flexibility index (Phi) is 4.68. The third-order valence-electron chi connectivity index (χ3n) is 2.40. The summed E-state index contributed by atoms with van der Waals surface area (Å²) < 4.78 is 18.5. The van der Waals surface area contributed by atoms with Gasteiger partial charge in [0.1, 0.15) is 5.82 Å². The minimum Gasteiger partial charge on any atom is -0.464 e. The Bertz CT molecular complexity index is 585. The summed E-state index contributed by atoms with van der Waals surface area (Å²) in [5.74, 6) is 0.295. The van der Waals surface area contributed by atoms with Gasteiger partial charge < -0.3 is 10.1 Å². The van der Waals surface area contributed by atoms with Gasteiger partial charge in [-0.05, 0) is 32.0 Å². The number of ether oxygens (including phenoxy) is 1. The number of nitrogens with one attached hydrogen (secondary N) is 1. The van der Waals surface area contributed by atoms with Crippen LogP contribution >= 0.6 is 11.6 Å². The number of rotatable bonds is 5. The molecule has 0 unspecified atom stereocenters. The van der Waals surface area contributed by atoms with Gasteiger partial charge in [-0.15, -0.1) is 0 Å². The van der Waals surface area contributed by atoms with Crippen molar-refractivity contribution in [3.63, 3.8) is 0 Å². The summed E-state index contributed by atoms with van der Waals surface area (Å²) in [6.45, 7) is 4.88. The van der Waals surface area contributed by atoms with Crippen molar-refractivity contribution in [3.8, 4) is 17.4 Å². The molecule has 5 nitrogen and oxygen atoms in total. The van der Waals surface area contributed by atoms with E-state index in [2.05, 4.69) is 20.3 Å². The molecule has 20 heavy (non-hydrogen) atoms. The SMILES string of the molecule is CCNc1nc(OCC)nc(-c2ccc(F)c(Cl)c2)n1. The fourth-order valence-corrected chi connectivity index (χ4v) is 1.73. The molecule has 0 bridgehead atoms. The minimum absolute atomic E-state index is 0.0193. The molecule has 0 fully saturated rings. The van der Waals surface area contributed by atoms with E-state index in [1.165, 1.54) is 12.1 Å². The Morgan fingerprint density at radius 1 is 1.25 bits per heavy atom. The molecule has 0 aliphatic heterocycles. The zero-order valence-electron chi connectivity index (χ0n) is 11.2. The van der Waals surface area contributed by atoms with Crippen LogP contribution in [0.5, 0.6) is 6.01 Å². The highest BCUT2D eigenvalue weighted by Crippen LogP contribution is 2.24. The van der Waals surface area contributed by atoms with E-state index in [4.69, 9.17) is 16.3 Å². The molecular weight excluding hydrogens is 283 g/mol. The van der Waals surface area contributed by atoms with Crippen LogP contribution in [0.2, 0.25) is 5.02 Å². The summed E-state index contributed by atoms with van der Waals surface area (Å²) >= 11 is 5.77. The van der Waals surface area contributed by atoms with Gasteiger partial charge in [0, 0.05) is 12.1 Å². The molecule has 106 valence electrons. The van der Waals surface area contributed by atoms with Gasteiger partial charge in [0.05, 0.1) is 11.6 Å². The number of nitrogens with zero attached hydrogens (tertiary/aromatic N) is 3. The lowest BCUT2D eigenvalue weighted by Gasteiger charge is -2.08. The van der Waals surface area contributed by atoms with Crippen molar-refractivity contribution in [1.82, 2.24) is 15.0 Å². The lowest BCUT2D eigenvalue weighted by atomic mass is 10.2. The van der Waals surface area contributed by atoms with Crippen molar-refractivity contribution >= 4 is 17.5 Å². The van der Waals surface area contributed by atoms with Gasteiger partial charge in [0.2, 0.25) is 5.95 Å². The third-order valence-corrected chi connectivity index (χ3v) is 2.69. The first-order valence-electron chi connectivity index (χ1n) is 6.22. The largest absolute Gasteiger partial charge is 0.464 e. The predicted molar refractivity (Wildman–Crippen MR) is 75.6 cm³/mol. The summed E-state index contributed by atoms with van der Waals surface area (Å²) in [4.78, 5) is 12.5. The van der Waals surface area contributed by atoms with Gasteiger partial charge in [-0.2, -0.15) is 15.0 Å². The average Bonchev–Trinajstić information content (AvgIpc) is 2.42. The molecule has 0 spiro atoms. The molecule has 0 amide bonds. The van der Waals surface area contributed by atoms with Crippen LogP contribution in [0.15, 0.2) is 18.2 Å². The first-order valence-corrected chi connectivity index (χ1v) is 6.60. The molecule has 0 atom stereocenters. The first-order chi connectivity index (χ1) is 9.63. The normalized spacial score (nSPS) is 10.4. The molecule has 1 aromatic carbocycles. The van der Waals surface area contributed by atoms with Crippen LogP contribution in [0, 0.1) is 5.82 Å². The van der Waals surface area contributed by atoms with E-state index in [0.29, 0.717) is 30.5 Å². The maximum absolute atomic E-state index is 13.2. The first kappa shape index (κ1) is 14.5. The van der Waals surface area contributed by atoms with E-state index < -0.39 is 5.82 Å². The van der Waals surface area contributed by atoms with Crippen molar-refractivity contribution in [3.05, 3.63) is 29.0 Å². The molecule has 2 rings (SSSR count). The highest BCUT2D eigenvalue weighted by molar-refractivity contribution is 6.31. The zero-order valence-corrected chi connectivity index (χ0v) is 11.9. The summed E-state index contributed by atoms with van der Waals surface area (Å²) in [6.07, 6.45) is 0. The quantitative estimate of drug-likeness (QED) is 0.918. The van der Waals surface area contributed by atoms with E-state index >= 15 is 0 Å². The van der Waals surface area contributed by atoms with E-state index in [-0.39, 0.29) is 11.0 Å². The third kappa shape index (κ3) is 3.33. The molecular formula is C13H14ClFN4O. The Labute approximate surface area is 121 Å². The van der Waals surface area contributed by atoms with Crippen molar-refractivity contribution < 1.29 is 9.13 Å². The van der Waals surface area contributed by atoms with Crippen molar-refractivity contribution in [2.45, 2.75) is 13.8 Å². The van der Waals surface area contributed by atoms with Gasteiger partial charge in [0.25, 0.3) is 0 Å². The predicted octanol–water partition coefficient (Wildman–Crippen LogP) is 3.16. The molecule has 0 radical (unpaired) electrons. The molecule has 1 N–H and O–H groups in total. The second-order valence-corrected chi connectivity index (χ2v) is 4.26. The number of aromatic nitrogens is 3. The summed E-state index contributed by atoms with van der Waals surface area (Å²) in [5, 5.41) is 3.01. The van der Waals surface area contributed by atoms with Crippen LogP contribution in [0.25, 0.3) is 11.4 Å². The fourth-order valence-electron chi connectivity index (χ4n) is 1.55. The lowest BCUT2D eigenvalue weighted by molar-refractivity contribution is 0.312. The molecule has 2 aromatic rings. The summed E-state index contributed by atoms with van der Waals surface area (Å²) in [7, 11) is 0. The average molecular weight is 297 g/mol. The number of hydrogen-bond donors (Lipinski definition) is 1. The number of halogens is 2. The minimum atomic E-state index is -0.485. The second kappa shape index (κ2) is 6.47. The van der Waals surface area contributed by atoms with E-state index in [1.807, 2.05) is 13.8 Å². The van der Waals surface area contributed by atoms with E-state index in [1.54, 1.807) is 6.07 Å². The Morgan fingerprint density at radius 2 is 2.05 bits per heavy atom.